The molecular formula is C6H17B2N3. The highest BCUT2D eigenvalue weighted by Crippen LogP contribution is 2.13. The van der Waals surface area contributed by atoms with Crippen LogP contribution in [-0.2, 0) is 0 Å². The lowest BCUT2D eigenvalue weighted by molar-refractivity contribution is 0.164. The first-order chi connectivity index (χ1) is 5.36. The van der Waals surface area contributed by atoms with Gasteiger partial charge in [-0.3, -0.25) is 5.01 Å². The zero-order valence-corrected chi connectivity index (χ0v) is 7.56. The van der Waals surface area contributed by atoms with Crippen LogP contribution in [0.5, 0.6) is 0 Å². The number of piperidine rings is 1. The molecule has 11 heavy (non-hydrogen) atoms. The maximum Gasteiger partial charge on any atom is 0.201 e. The number of nitrogens with zero attached hydrogens (tertiary/aromatic N) is 1. The van der Waals surface area contributed by atoms with Gasteiger partial charge in [0.15, 0.2) is 7.98 Å². The van der Waals surface area contributed by atoms with Crippen LogP contribution in [-0.4, -0.2) is 40.6 Å². The van der Waals surface area contributed by atoms with Crippen LogP contribution in [0.2, 0.25) is 0 Å². The molecule has 0 aromatic heterocycles. The summed E-state index contributed by atoms with van der Waals surface area (Å²) in [4.78, 5) is 0. The summed E-state index contributed by atoms with van der Waals surface area (Å²) in [5, 5.41) is 8.69. The van der Waals surface area contributed by atoms with Gasteiger partial charge in [0.1, 0.15) is 0 Å². The summed E-state index contributed by atoms with van der Waals surface area (Å²) in [6.45, 7) is 3.57. The summed E-state index contributed by atoms with van der Waals surface area (Å²) < 4.78 is 0. The van der Waals surface area contributed by atoms with E-state index < -0.39 is 0 Å². The van der Waals surface area contributed by atoms with Crippen LogP contribution >= 0.6 is 0 Å². The number of hydrogen-bond acceptors (Lipinski definition) is 3. The zero-order valence-electron chi connectivity index (χ0n) is 7.56. The molecule has 0 saturated carbocycles. The fourth-order valence-corrected chi connectivity index (χ4v) is 1.65. The fraction of sp³-hybridized carbons (Fsp3) is 1.00. The lowest BCUT2D eigenvalue weighted by atomic mass is 9.97. The maximum absolute atomic E-state index is 3.23. The summed E-state index contributed by atoms with van der Waals surface area (Å²) >= 11 is 0. The molecule has 1 aliphatic heterocycles. The molecule has 0 unspecified atom stereocenters. The SMILES string of the molecule is BNCC1CCN(NB)CC1. The highest BCUT2D eigenvalue weighted by Gasteiger charge is 2.16. The molecule has 0 aromatic carbocycles. The van der Waals surface area contributed by atoms with E-state index in [4.69, 9.17) is 0 Å². The molecular weight excluding hydrogens is 136 g/mol. The molecule has 0 bridgehead atoms. The van der Waals surface area contributed by atoms with Crippen molar-refractivity contribution in [2.24, 2.45) is 5.92 Å². The third kappa shape index (κ3) is 2.85. The van der Waals surface area contributed by atoms with Crippen molar-refractivity contribution in [1.29, 1.82) is 0 Å². The van der Waals surface area contributed by atoms with Crippen molar-refractivity contribution in [1.82, 2.24) is 15.6 Å². The topological polar surface area (TPSA) is 27.3 Å². The molecule has 1 rings (SSSR count). The van der Waals surface area contributed by atoms with Gasteiger partial charge in [0.05, 0.1) is 0 Å². The summed E-state index contributed by atoms with van der Waals surface area (Å²) in [7, 11) is 4.03. The summed E-state index contributed by atoms with van der Waals surface area (Å²) in [6.07, 6.45) is 2.64. The van der Waals surface area contributed by atoms with Crippen LogP contribution in [0.4, 0.5) is 0 Å². The highest BCUT2D eigenvalue weighted by atomic mass is 15.5. The normalized spacial score (nSPS) is 22.2. The molecule has 0 amide bonds. The lowest BCUT2D eigenvalue weighted by Gasteiger charge is -2.31. The molecule has 0 aromatic rings. The Hall–Kier alpha value is 0.00987. The van der Waals surface area contributed by atoms with Crippen molar-refractivity contribution in [3.8, 4) is 0 Å². The van der Waals surface area contributed by atoms with E-state index >= 15 is 0 Å². The fourth-order valence-electron chi connectivity index (χ4n) is 1.65. The van der Waals surface area contributed by atoms with Crippen molar-refractivity contribution in [2.45, 2.75) is 12.8 Å². The Kier molecular flexibility index (Phi) is 3.97. The van der Waals surface area contributed by atoms with Crippen molar-refractivity contribution in [3.05, 3.63) is 0 Å². The molecule has 2 N–H and O–H groups in total. The van der Waals surface area contributed by atoms with E-state index in [0.29, 0.717) is 0 Å². The smallest absolute Gasteiger partial charge is 0.201 e. The number of nitrogens with one attached hydrogen (secondary N) is 2. The minimum absolute atomic E-state index is 0.893. The average molecular weight is 153 g/mol. The van der Waals surface area contributed by atoms with E-state index in [0.717, 1.165) is 5.92 Å². The zero-order chi connectivity index (χ0) is 8.10. The van der Waals surface area contributed by atoms with Gasteiger partial charge in [0.25, 0.3) is 0 Å². The summed E-state index contributed by atoms with van der Waals surface area (Å²) in [5.74, 6) is 0.893. The monoisotopic (exact) mass is 153 g/mol. The Balaban J connectivity index is 2.14. The Morgan fingerprint density at radius 1 is 1.27 bits per heavy atom. The summed E-state index contributed by atoms with van der Waals surface area (Å²) in [5.41, 5.74) is 0. The minimum atomic E-state index is 0.893. The van der Waals surface area contributed by atoms with E-state index in [2.05, 4.69) is 15.6 Å². The first kappa shape index (κ1) is 9.10. The molecule has 0 atom stereocenters. The third-order valence-electron chi connectivity index (χ3n) is 2.42. The van der Waals surface area contributed by atoms with Crippen LogP contribution in [0.25, 0.3) is 0 Å². The van der Waals surface area contributed by atoms with Crippen molar-refractivity contribution in [3.63, 3.8) is 0 Å². The molecule has 0 spiro atoms. The Bertz CT molecular complexity index is 104. The van der Waals surface area contributed by atoms with E-state index in [1.165, 1.54) is 32.5 Å². The van der Waals surface area contributed by atoms with Crippen molar-refractivity contribution in [2.75, 3.05) is 19.6 Å². The number of rotatable bonds is 3. The van der Waals surface area contributed by atoms with Gasteiger partial charge >= 0.3 is 0 Å². The second-order valence-corrected chi connectivity index (χ2v) is 3.21. The van der Waals surface area contributed by atoms with Gasteiger partial charge in [0.2, 0.25) is 7.98 Å². The van der Waals surface area contributed by atoms with E-state index in [1.807, 2.05) is 16.0 Å². The molecule has 1 fully saturated rings. The van der Waals surface area contributed by atoms with Gasteiger partial charge in [-0.05, 0) is 25.3 Å². The van der Waals surface area contributed by atoms with Crippen LogP contribution in [0.15, 0.2) is 0 Å². The number of hydrogen-bond donors (Lipinski definition) is 2. The first-order valence-corrected chi connectivity index (χ1v) is 4.43. The van der Waals surface area contributed by atoms with Crippen LogP contribution in [0.1, 0.15) is 12.8 Å². The van der Waals surface area contributed by atoms with Gasteiger partial charge in [-0.15, -0.1) is 0 Å². The van der Waals surface area contributed by atoms with E-state index in [9.17, 15) is 0 Å². The molecule has 1 heterocycles. The lowest BCUT2D eigenvalue weighted by Crippen LogP contribution is -2.43. The summed E-state index contributed by atoms with van der Waals surface area (Å²) in [6, 6.07) is 0. The predicted molar refractivity (Wildman–Crippen MR) is 52.5 cm³/mol. The second-order valence-electron chi connectivity index (χ2n) is 3.21. The van der Waals surface area contributed by atoms with E-state index in [-0.39, 0.29) is 0 Å². The van der Waals surface area contributed by atoms with Crippen LogP contribution < -0.4 is 10.6 Å². The Morgan fingerprint density at radius 3 is 2.36 bits per heavy atom. The third-order valence-corrected chi connectivity index (χ3v) is 2.42. The molecule has 62 valence electrons. The van der Waals surface area contributed by atoms with Gasteiger partial charge in [-0.25, -0.2) is 0 Å². The van der Waals surface area contributed by atoms with E-state index in [1.54, 1.807) is 0 Å². The quantitative estimate of drug-likeness (QED) is 0.454. The van der Waals surface area contributed by atoms with Crippen LogP contribution in [0, 0.1) is 5.92 Å². The Labute approximate surface area is 70.7 Å². The van der Waals surface area contributed by atoms with Gasteiger partial charge in [-0.2, -0.15) is 0 Å². The second kappa shape index (κ2) is 4.80. The molecule has 1 aliphatic rings. The standard InChI is InChI=1S/C6H17B2N3/c7-9-5-6-1-3-11(10-8)4-2-6/h6,9-10H,1-5,7-8H2. The Morgan fingerprint density at radius 2 is 1.91 bits per heavy atom. The molecule has 0 radical (unpaired) electrons. The minimum Gasteiger partial charge on any atom is -0.362 e. The van der Waals surface area contributed by atoms with Gasteiger partial charge in [-0.1, -0.05) is 0 Å². The van der Waals surface area contributed by atoms with Crippen molar-refractivity contribution >= 4 is 16.0 Å². The number of hydrazine groups is 1. The van der Waals surface area contributed by atoms with Crippen molar-refractivity contribution < 1.29 is 0 Å². The van der Waals surface area contributed by atoms with Gasteiger partial charge < -0.3 is 10.6 Å². The molecule has 5 heteroatoms. The molecule has 3 nitrogen and oxygen atoms in total. The molecule has 0 aliphatic carbocycles. The first-order valence-electron chi connectivity index (χ1n) is 4.43. The highest BCUT2D eigenvalue weighted by molar-refractivity contribution is 6.04. The largest absolute Gasteiger partial charge is 0.362 e. The maximum atomic E-state index is 3.23. The molecule has 1 saturated heterocycles. The predicted octanol–water partition coefficient (Wildman–Crippen LogP) is -2.11. The van der Waals surface area contributed by atoms with Crippen LogP contribution in [0.3, 0.4) is 0 Å². The average Bonchev–Trinajstić information content (AvgIpc) is 2.07. The van der Waals surface area contributed by atoms with Gasteiger partial charge in [0, 0.05) is 13.1 Å².